The summed E-state index contributed by atoms with van der Waals surface area (Å²) in [6.07, 6.45) is 9.05. The first-order valence-electron chi connectivity index (χ1n) is 6.16. The maximum absolute atomic E-state index is 11.5. The molecule has 5 heteroatoms. The smallest absolute Gasteiger partial charge is 0.267 e. The van der Waals surface area contributed by atoms with Gasteiger partial charge < -0.3 is 9.88 Å². The minimum Gasteiger partial charge on any atom is -0.356 e. The van der Waals surface area contributed by atoms with Crippen molar-refractivity contribution in [3.63, 3.8) is 0 Å². The topological polar surface area (TPSA) is 49.0 Å². The molecule has 1 aromatic rings. The first kappa shape index (κ1) is 12.6. The summed E-state index contributed by atoms with van der Waals surface area (Å²) in [5.74, 6) is 0.751. The molecule has 4 nitrogen and oxygen atoms in total. The zero-order valence-corrected chi connectivity index (χ0v) is 11.7. The third kappa shape index (κ3) is 2.89. The monoisotopic (exact) mass is 299 g/mol. The normalized spacial score (nSPS) is 17.8. The molecule has 1 aliphatic carbocycles. The van der Waals surface area contributed by atoms with Gasteiger partial charge in [0.1, 0.15) is 10.3 Å². The van der Waals surface area contributed by atoms with E-state index in [0.717, 1.165) is 5.82 Å². The minimum absolute atomic E-state index is 0.115. The molecule has 0 radical (unpaired) electrons. The Morgan fingerprint density at radius 2 is 2.00 bits per heavy atom. The fraction of sp³-hybridized carbons (Fsp3) is 0.667. The van der Waals surface area contributed by atoms with Gasteiger partial charge in [-0.1, -0.05) is 25.7 Å². The van der Waals surface area contributed by atoms with Crippen LogP contribution in [0.3, 0.4) is 0 Å². The van der Waals surface area contributed by atoms with Gasteiger partial charge in [-0.25, -0.2) is 4.98 Å². The Kier molecular flexibility index (Phi) is 4.20. The lowest BCUT2D eigenvalue weighted by molar-refractivity contribution is 0.548. The van der Waals surface area contributed by atoms with Crippen LogP contribution in [-0.4, -0.2) is 23.1 Å². The first-order valence-corrected chi connectivity index (χ1v) is 6.95. The summed E-state index contributed by atoms with van der Waals surface area (Å²) in [5.41, 5.74) is -0.115. The van der Waals surface area contributed by atoms with Crippen molar-refractivity contribution < 1.29 is 0 Å². The van der Waals surface area contributed by atoms with E-state index < -0.39 is 0 Å². The quantitative estimate of drug-likeness (QED) is 0.854. The molecule has 0 atom stereocenters. The molecule has 1 saturated carbocycles. The number of H-pyrrole nitrogens is 1. The van der Waals surface area contributed by atoms with Gasteiger partial charge in [-0.15, -0.1) is 0 Å². The molecular weight excluding hydrogens is 282 g/mol. The Balaban J connectivity index is 2.20. The second-order valence-corrected chi connectivity index (χ2v) is 5.42. The predicted molar refractivity (Wildman–Crippen MR) is 72.5 cm³/mol. The lowest BCUT2D eigenvalue weighted by atomic mass is 10.1. The Hall–Kier alpha value is -0.840. The van der Waals surface area contributed by atoms with E-state index in [4.69, 9.17) is 0 Å². The van der Waals surface area contributed by atoms with Crippen molar-refractivity contribution >= 4 is 21.7 Å². The molecule has 2 rings (SSSR count). The lowest BCUT2D eigenvalue weighted by Crippen LogP contribution is -2.33. The summed E-state index contributed by atoms with van der Waals surface area (Å²) in [7, 11) is 2.03. The van der Waals surface area contributed by atoms with E-state index in [0.29, 0.717) is 10.5 Å². The standard InChI is InChI=1S/C12H18BrN3O/c1-16(9-6-4-2-3-5-7-9)11-10(13)12(17)15-8-14-11/h8-9H,2-7H2,1H3,(H,14,15,17). The van der Waals surface area contributed by atoms with Crippen LogP contribution in [0.15, 0.2) is 15.6 Å². The van der Waals surface area contributed by atoms with Crippen molar-refractivity contribution in [2.75, 3.05) is 11.9 Å². The average molecular weight is 300 g/mol. The summed E-state index contributed by atoms with van der Waals surface area (Å²) >= 11 is 3.32. The zero-order valence-electron chi connectivity index (χ0n) is 10.1. The number of hydrogen-bond acceptors (Lipinski definition) is 3. The Morgan fingerprint density at radius 3 is 2.65 bits per heavy atom. The molecule has 0 bridgehead atoms. The van der Waals surface area contributed by atoms with E-state index in [1.165, 1.54) is 44.9 Å². The zero-order chi connectivity index (χ0) is 12.3. The van der Waals surface area contributed by atoms with Gasteiger partial charge in [0, 0.05) is 13.1 Å². The summed E-state index contributed by atoms with van der Waals surface area (Å²) in [5, 5.41) is 0. The highest BCUT2D eigenvalue weighted by Crippen LogP contribution is 2.26. The van der Waals surface area contributed by atoms with Gasteiger partial charge >= 0.3 is 0 Å². The van der Waals surface area contributed by atoms with E-state index in [9.17, 15) is 4.79 Å². The average Bonchev–Trinajstić information content (AvgIpc) is 2.60. The highest BCUT2D eigenvalue weighted by molar-refractivity contribution is 9.10. The molecule has 1 fully saturated rings. The molecule has 0 spiro atoms. The molecule has 1 aromatic heterocycles. The molecular formula is C12H18BrN3O. The van der Waals surface area contributed by atoms with E-state index in [2.05, 4.69) is 30.8 Å². The van der Waals surface area contributed by atoms with Gasteiger partial charge in [-0.05, 0) is 28.8 Å². The van der Waals surface area contributed by atoms with Crippen LogP contribution in [-0.2, 0) is 0 Å². The van der Waals surface area contributed by atoms with Crippen LogP contribution in [0.2, 0.25) is 0 Å². The molecule has 0 amide bonds. The van der Waals surface area contributed by atoms with E-state index in [-0.39, 0.29) is 5.56 Å². The molecule has 0 aliphatic heterocycles. The second kappa shape index (κ2) is 5.67. The van der Waals surface area contributed by atoms with Crippen molar-refractivity contribution in [3.8, 4) is 0 Å². The molecule has 17 heavy (non-hydrogen) atoms. The van der Waals surface area contributed by atoms with Crippen LogP contribution < -0.4 is 10.5 Å². The van der Waals surface area contributed by atoms with Crippen LogP contribution in [0, 0.1) is 0 Å². The highest BCUT2D eigenvalue weighted by Gasteiger charge is 2.20. The molecule has 1 N–H and O–H groups in total. The van der Waals surface area contributed by atoms with Crippen LogP contribution in [0.1, 0.15) is 38.5 Å². The number of hydrogen-bond donors (Lipinski definition) is 1. The number of nitrogens with zero attached hydrogens (tertiary/aromatic N) is 2. The van der Waals surface area contributed by atoms with Crippen LogP contribution in [0.5, 0.6) is 0 Å². The van der Waals surface area contributed by atoms with Crippen molar-refractivity contribution in [2.24, 2.45) is 0 Å². The molecule has 1 heterocycles. The number of halogens is 1. The summed E-state index contributed by atoms with van der Waals surface area (Å²) < 4.78 is 0.534. The number of aromatic nitrogens is 2. The Bertz CT molecular complexity index is 424. The van der Waals surface area contributed by atoms with Gasteiger partial charge in [0.05, 0.1) is 6.33 Å². The number of rotatable bonds is 2. The molecule has 94 valence electrons. The van der Waals surface area contributed by atoms with Crippen LogP contribution >= 0.6 is 15.9 Å². The maximum atomic E-state index is 11.5. The summed E-state index contributed by atoms with van der Waals surface area (Å²) in [6, 6.07) is 0.503. The Labute approximate surface area is 110 Å². The van der Waals surface area contributed by atoms with Crippen molar-refractivity contribution in [1.82, 2.24) is 9.97 Å². The van der Waals surface area contributed by atoms with Crippen LogP contribution in [0.25, 0.3) is 0 Å². The van der Waals surface area contributed by atoms with Crippen LogP contribution in [0.4, 0.5) is 5.82 Å². The molecule has 0 saturated heterocycles. The molecule has 0 aromatic carbocycles. The fourth-order valence-corrected chi connectivity index (χ4v) is 2.93. The van der Waals surface area contributed by atoms with Crippen molar-refractivity contribution in [3.05, 3.63) is 21.2 Å². The SMILES string of the molecule is CN(c1nc[nH]c(=O)c1Br)C1CCCCCC1. The Morgan fingerprint density at radius 1 is 1.35 bits per heavy atom. The third-order valence-corrected chi connectivity index (χ3v) is 4.20. The molecule has 0 unspecified atom stereocenters. The summed E-state index contributed by atoms with van der Waals surface area (Å²) in [4.78, 5) is 20.5. The maximum Gasteiger partial charge on any atom is 0.267 e. The number of nitrogens with one attached hydrogen (secondary N) is 1. The highest BCUT2D eigenvalue weighted by atomic mass is 79.9. The van der Waals surface area contributed by atoms with Crippen molar-refractivity contribution in [1.29, 1.82) is 0 Å². The van der Waals surface area contributed by atoms with E-state index in [1.54, 1.807) is 0 Å². The van der Waals surface area contributed by atoms with Crippen molar-refractivity contribution in [2.45, 2.75) is 44.6 Å². The van der Waals surface area contributed by atoms with Gasteiger partial charge in [0.2, 0.25) is 0 Å². The molecule has 1 aliphatic rings. The largest absolute Gasteiger partial charge is 0.356 e. The minimum atomic E-state index is -0.115. The van der Waals surface area contributed by atoms with Gasteiger partial charge in [-0.2, -0.15) is 0 Å². The van der Waals surface area contributed by atoms with Gasteiger partial charge in [0.25, 0.3) is 5.56 Å². The number of aromatic amines is 1. The fourth-order valence-electron chi connectivity index (χ4n) is 2.44. The third-order valence-electron chi connectivity index (χ3n) is 3.48. The van der Waals surface area contributed by atoms with Gasteiger partial charge in [0.15, 0.2) is 0 Å². The van der Waals surface area contributed by atoms with Gasteiger partial charge in [-0.3, -0.25) is 4.79 Å². The van der Waals surface area contributed by atoms with E-state index >= 15 is 0 Å². The predicted octanol–water partition coefficient (Wildman–Crippen LogP) is 2.69. The second-order valence-electron chi connectivity index (χ2n) is 4.63. The van der Waals surface area contributed by atoms with E-state index in [1.807, 2.05) is 7.05 Å². The number of anilines is 1. The summed E-state index contributed by atoms with van der Waals surface area (Å²) in [6.45, 7) is 0. The lowest BCUT2D eigenvalue weighted by Gasteiger charge is -2.28. The first-order chi connectivity index (χ1) is 8.20.